The summed E-state index contributed by atoms with van der Waals surface area (Å²) in [6.45, 7) is 6.99. The van der Waals surface area contributed by atoms with E-state index in [0.29, 0.717) is 11.5 Å². The highest BCUT2D eigenvalue weighted by Gasteiger charge is 2.16. The first kappa shape index (κ1) is 20.7. The van der Waals surface area contributed by atoms with E-state index < -0.39 is 11.9 Å². The van der Waals surface area contributed by atoms with Crippen molar-refractivity contribution in [3.05, 3.63) is 47.9 Å². The van der Waals surface area contributed by atoms with Crippen molar-refractivity contribution in [3.63, 3.8) is 0 Å². The fraction of sp³-hybridized carbons (Fsp3) is 0.400. The number of esters is 1. The highest BCUT2D eigenvalue weighted by Crippen LogP contribution is 2.17. The van der Waals surface area contributed by atoms with Gasteiger partial charge in [0.05, 0.1) is 43.5 Å². The molecule has 9 nitrogen and oxygen atoms in total. The van der Waals surface area contributed by atoms with Crippen LogP contribution in [-0.4, -0.2) is 72.7 Å². The number of carbonyl (C=O) groups is 2. The van der Waals surface area contributed by atoms with Gasteiger partial charge in [-0.15, -0.1) is 0 Å². The van der Waals surface area contributed by atoms with Crippen molar-refractivity contribution < 1.29 is 19.1 Å². The standard InChI is InChI=1S/C20H25N5O4/c1-2-29-20(27)15-5-3-4-6-16(15)24-19(26)17-13-23-18(14-22-17)21-7-8-25-9-11-28-12-10-25/h3-6,13-14H,2,7-12H2,1H3,(H,21,23)(H,24,26). The molecule has 3 rings (SSSR count). The Labute approximate surface area is 169 Å². The van der Waals surface area contributed by atoms with E-state index in [1.165, 1.54) is 12.4 Å². The van der Waals surface area contributed by atoms with Gasteiger partial charge in [0.2, 0.25) is 0 Å². The maximum atomic E-state index is 12.5. The van der Waals surface area contributed by atoms with Crippen LogP contribution in [0.3, 0.4) is 0 Å². The van der Waals surface area contributed by atoms with Crippen LogP contribution in [0.2, 0.25) is 0 Å². The molecule has 154 valence electrons. The van der Waals surface area contributed by atoms with Gasteiger partial charge in [-0.25, -0.2) is 14.8 Å². The lowest BCUT2D eigenvalue weighted by atomic mass is 10.1. The second-order valence-electron chi connectivity index (χ2n) is 6.39. The lowest BCUT2D eigenvalue weighted by Crippen LogP contribution is -2.39. The maximum absolute atomic E-state index is 12.5. The zero-order valence-corrected chi connectivity index (χ0v) is 16.4. The third-order valence-corrected chi connectivity index (χ3v) is 4.39. The molecular weight excluding hydrogens is 374 g/mol. The highest BCUT2D eigenvalue weighted by molar-refractivity contribution is 6.06. The minimum Gasteiger partial charge on any atom is -0.462 e. The third-order valence-electron chi connectivity index (χ3n) is 4.39. The van der Waals surface area contributed by atoms with Gasteiger partial charge < -0.3 is 20.1 Å². The molecule has 1 aliphatic rings. The SMILES string of the molecule is CCOC(=O)c1ccccc1NC(=O)c1cnc(NCCN2CCOCC2)cn1. The van der Waals surface area contributed by atoms with Gasteiger partial charge in [-0.1, -0.05) is 12.1 Å². The number of aromatic nitrogens is 2. The summed E-state index contributed by atoms with van der Waals surface area (Å²) in [7, 11) is 0. The number of amides is 1. The summed E-state index contributed by atoms with van der Waals surface area (Å²) in [4.78, 5) is 35.2. The van der Waals surface area contributed by atoms with E-state index in [4.69, 9.17) is 9.47 Å². The molecule has 0 bridgehead atoms. The monoisotopic (exact) mass is 399 g/mol. The average molecular weight is 399 g/mol. The third kappa shape index (κ3) is 5.97. The largest absolute Gasteiger partial charge is 0.462 e. The van der Waals surface area contributed by atoms with Gasteiger partial charge >= 0.3 is 5.97 Å². The second-order valence-corrected chi connectivity index (χ2v) is 6.39. The Balaban J connectivity index is 1.54. The van der Waals surface area contributed by atoms with Crippen molar-refractivity contribution in [3.8, 4) is 0 Å². The first-order valence-corrected chi connectivity index (χ1v) is 9.61. The van der Waals surface area contributed by atoms with Gasteiger partial charge in [-0.3, -0.25) is 9.69 Å². The number of ether oxygens (including phenoxy) is 2. The fourth-order valence-corrected chi connectivity index (χ4v) is 2.87. The number of rotatable bonds is 8. The summed E-state index contributed by atoms with van der Waals surface area (Å²) in [6.07, 6.45) is 2.92. The van der Waals surface area contributed by atoms with Crippen LogP contribution in [0, 0.1) is 0 Å². The van der Waals surface area contributed by atoms with Gasteiger partial charge in [0, 0.05) is 26.2 Å². The normalized spacial score (nSPS) is 14.2. The lowest BCUT2D eigenvalue weighted by molar-refractivity contribution is 0.0398. The summed E-state index contributed by atoms with van der Waals surface area (Å²) in [5.74, 6) is -0.342. The van der Waals surface area contributed by atoms with E-state index in [2.05, 4.69) is 25.5 Å². The number of nitrogens with one attached hydrogen (secondary N) is 2. The highest BCUT2D eigenvalue weighted by atomic mass is 16.5. The van der Waals surface area contributed by atoms with Gasteiger partial charge in [0.25, 0.3) is 5.91 Å². The Morgan fingerprint density at radius 3 is 2.69 bits per heavy atom. The minimum absolute atomic E-state index is 0.155. The number of hydrogen-bond acceptors (Lipinski definition) is 8. The zero-order chi connectivity index (χ0) is 20.5. The zero-order valence-electron chi connectivity index (χ0n) is 16.4. The molecule has 1 amide bonds. The lowest BCUT2D eigenvalue weighted by Gasteiger charge is -2.26. The quantitative estimate of drug-likeness (QED) is 0.646. The van der Waals surface area contributed by atoms with Crippen LogP contribution in [0.25, 0.3) is 0 Å². The molecule has 1 fully saturated rings. The Hall–Kier alpha value is -3.04. The molecular formula is C20H25N5O4. The number of nitrogens with zero attached hydrogens (tertiary/aromatic N) is 3. The number of para-hydroxylation sites is 1. The van der Waals surface area contributed by atoms with Crippen LogP contribution >= 0.6 is 0 Å². The number of carbonyl (C=O) groups excluding carboxylic acids is 2. The summed E-state index contributed by atoms with van der Waals surface area (Å²) in [5, 5.41) is 5.89. The molecule has 1 aromatic carbocycles. The van der Waals surface area contributed by atoms with Crippen molar-refractivity contribution in [1.29, 1.82) is 0 Å². The summed E-state index contributed by atoms with van der Waals surface area (Å²) < 4.78 is 10.3. The molecule has 9 heteroatoms. The Bertz CT molecular complexity index is 822. The van der Waals surface area contributed by atoms with E-state index in [1.807, 2.05) is 0 Å². The van der Waals surface area contributed by atoms with Gasteiger partial charge in [-0.2, -0.15) is 0 Å². The van der Waals surface area contributed by atoms with Crippen LogP contribution in [0.15, 0.2) is 36.7 Å². The fourth-order valence-electron chi connectivity index (χ4n) is 2.87. The van der Waals surface area contributed by atoms with Crippen LogP contribution in [-0.2, 0) is 9.47 Å². The van der Waals surface area contributed by atoms with E-state index in [-0.39, 0.29) is 17.9 Å². The van der Waals surface area contributed by atoms with E-state index >= 15 is 0 Å². The predicted octanol–water partition coefficient (Wildman–Crippen LogP) is 1.65. The molecule has 0 unspecified atom stereocenters. The number of hydrogen-bond donors (Lipinski definition) is 2. The van der Waals surface area contributed by atoms with Crippen LogP contribution in [0.4, 0.5) is 11.5 Å². The van der Waals surface area contributed by atoms with Crippen LogP contribution in [0.5, 0.6) is 0 Å². The van der Waals surface area contributed by atoms with Crippen molar-refractivity contribution in [2.75, 3.05) is 56.6 Å². The second kappa shape index (κ2) is 10.5. The molecule has 1 saturated heterocycles. The summed E-state index contributed by atoms with van der Waals surface area (Å²) in [5.41, 5.74) is 0.810. The van der Waals surface area contributed by atoms with Gasteiger partial charge in [-0.05, 0) is 19.1 Å². The van der Waals surface area contributed by atoms with Crippen molar-refractivity contribution in [1.82, 2.24) is 14.9 Å². The molecule has 1 aliphatic heterocycles. The Morgan fingerprint density at radius 2 is 1.97 bits per heavy atom. The van der Waals surface area contributed by atoms with Crippen LogP contribution in [0.1, 0.15) is 27.8 Å². The predicted molar refractivity (Wildman–Crippen MR) is 108 cm³/mol. The van der Waals surface area contributed by atoms with Gasteiger partial charge in [0.1, 0.15) is 11.5 Å². The molecule has 0 aliphatic carbocycles. The number of morpholine rings is 1. The minimum atomic E-state index is -0.491. The van der Waals surface area contributed by atoms with E-state index in [9.17, 15) is 9.59 Å². The molecule has 0 radical (unpaired) electrons. The molecule has 0 spiro atoms. The molecule has 0 saturated carbocycles. The molecule has 2 N–H and O–H groups in total. The first-order valence-electron chi connectivity index (χ1n) is 9.61. The maximum Gasteiger partial charge on any atom is 0.340 e. The topological polar surface area (TPSA) is 106 Å². The Kier molecular flexibility index (Phi) is 7.48. The van der Waals surface area contributed by atoms with Crippen LogP contribution < -0.4 is 10.6 Å². The van der Waals surface area contributed by atoms with Gasteiger partial charge in [0.15, 0.2) is 0 Å². The van der Waals surface area contributed by atoms with E-state index in [0.717, 1.165) is 39.4 Å². The molecule has 29 heavy (non-hydrogen) atoms. The summed E-state index contributed by atoms with van der Waals surface area (Å²) >= 11 is 0. The molecule has 2 heterocycles. The number of anilines is 2. The molecule has 0 atom stereocenters. The summed E-state index contributed by atoms with van der Waals surface area (Å²) in [6, 6.07) is 6.67. The van der Waals surface area contributed by atoms with Crippen molar-refractivity contribution in [2.24, 2.45) is 0 Å². The number of benzene rings is 1. The first-order chi connectivity index (χ1) is 14.2. The molecule has 1 aromatic heterocycles. The van der Waals surface area contributed by atoms with Crippen molar-refractivity contribution >= 4 is 23.4 Å². The Morgan fingerprint density at radius 1 is 1.17 bits per heavy atom. The van der Waals surface area contributed by atoms with E-state index in [1.54, 1.807) is 31.2 Å². The van der Waals surface area contributed by atoms with Crippen molar-refractivity contribution in [2.45, 2.75) is 6.92 Å². The molecule has 2 aromatic rings. The smallest absolute Gasteiger partial charge is 0.340 e. The average Bonchev–Trinajstić information content (AvgIpc) is 2.75.